The molecular formula is C59H38N2O. The molecule has 0 saturated heterocycles. The first-order valence-corrected chi connectivity index (χ1v) is 21.1. The van der Waals surface area contributed by atoms with Crippen LogP contribution in [0.4, 0.5) is 0 Å². The molecule has 0 N–H and O–H groups in total. The van der Waals surface area contributed by atoms with Crippen LogP contribution in [0.15, 0.2) is 235 Å². The summed E-state index contributed by atoms with van der Waals surface area (Å²) in [6.07, 6.45) is 0. The summed E-state index contributed by atoms with van der Waals surface area (Å²) in [6, 6.07) is 82.2. The molecule has 0 amide bonds. The zero-order chi connectivity index (χ0) is 41.0. The summed E-state index contributed by atoms with van der Waals surface area (Å²) in [5.41, 5.74) is 17.5. The van der Waals surface area contributed by atoms with Crippen molar-refractivity contribution >= 4 is 21.9 Å². The van der Waals surface area contributed by atoms with Crippen LogP contribution < -0.4 is 0 Å². The lowest BCUT2D eigenvalue weighted by Crippen LogP contribution is -2.29. The summed E-state index contributed by atoms with van der Waals surface area (Å²) in [6.45, 7) is 0. The maximum Gasteiger partial charge on any atom is 0.160 e. The van der Waals surface area contributed by atoms with Gasteiger partial charge in [0.15, 0.2) is 5.82 Å². The number of rotatable bonds is 7. The second kappa shape index (κ2) is 14.5. The molecule has 62 heavy (non-hydrogen) atoms. The number of hydrogen-bond acceptors (Lipinski definition) is 3. The SMILES string of the molecule is c1ccc(-c2cc(-c3cc(-c4ccccc4C4(c5ccccc5)c5ccccc5-c5ccccc54)nc(-c4ccccc4)n3)cc(-c3cccc4c3oc3ccccc34)c2)cc1. The molecular weight excluding hydrogens is 753 g/mol. The highest BCUT2D eigenvalue weighted by Gasteiger charge is 2.47. The zero-order valence-electron chi connectivity index (χ0n) is 33.7. The van der Waals surface area contributed by atoms with Crippen LogP contribution in [0.1, 0.15) is 22.3 Å². The fraction of sp³-hybridized carbons (Fsp3) is 0.0169. The number of aromatic nitrogens is 2. The standard InChI is InChI=1S/C59H38N2O/c1-4-19-39(20-5-1)41-35-42(45-29-18-30-49-48-27-13-17-34-56(48)62-57(45)49)37-43(36-41)54-38-55(61-58(60-54)40-21-6-2-7-22-40)50-28-12-16-33-53(50)59(44-23-8-3-9-24-44)51-31-14-10-25-46(51)47-26-11-15-32-52(47)59/h1-38H. The van der Waals surface area contributed by atoms with Crippen molar-refractivity contribution in [2.75, 3.05) is 0 Å². The maximum absolute atomic E-state index is 6.62. The van der Waals surface area contributed by atoms with E-state index in [2.05, 4.69) is 212 Å². The van der Waals surface area contributed by atoms with Gasteiger partial charge in [0, 0.05) is 33.0 Å². The van der Waals surface area contributed by atoms with E-state index in [4.69, 9.17) is 14.4 Å². The Morgan fingerprint density at radius 2 is 0.823 bits per heavy atom. The van der Waals surface area contributed by atoms with Gasteiger partial charge in [-0.2, -0.15) is 0 Å². The van der Waals surface area contributed by atoms with Crippen LogP contribution >= 0.6 is 0 Å². The van der Waals surface area contributed by atoms with Crippen LogP contribution in [-0.4, -0.2) is 9.97 Å². The predicted octanol–water partition coefficient (Wildman–Crippen LogP) is 15.1. The van der Waals surface area contributed by atoms with Crippen LogP contribution in [0.25, 0.3) is 89.2 Å². The first kappa shape index (κ1) is 35.8. The van der Waals surface area contributed by atoms with Gasteiger partial charge in [-0.15, -0.1) is 0 Å². The van der Waals surface area contributed by atoms with Gasteiger partial charge in [-0.05, 0) is 80.4 Å². The van der Waals surface area contributed by atoms with E-state index in [0.717, 1.165) is 72.3 Å². The van der Waals surface area contributed by atoms with E-state index in [1.807, 2.05) is 18.2 Å². The van der Waals surface area contributed by atoms with Gasteiger partial charge in [0.2, 0.25) is 0 Å². The highest BCUT2D eigenvalue weighted by Crippen LogP contribution is 2.57. The highest BCUT2D eigenvalue weighted by molar-refractivity contribution is 6.10. The number of furan rings is 1. The molecule has 0 bridgehead atoms. The van der Waals surface area contributed by atoms with Gasteiger partial charge in [0.1, 0.15) is 11.2 Å². The van der Waals surface area contributed by atoms with Crippen molar-refractivity contribution in [3.05, 3.63) is 253 Å². The van der Waals surface area contributed by atoms with Crippen molar-refractivity contribution in [1.82, 2.24) is 9.97 Å². The fourth-order valence-electron chi connectivity index (χ4n) is 9.87. The number of para-hydroxylation sites is 2. The Balaban J connectivity index is 1.13. The normalized spacial score (nSPS) is 12.6. The molecule has 9 aromatic carbocycles. The highest BCUT2D eigenvalue weighted by atomic mass is 16.3. The summed E-state index contributed by atoms with van der Waals surface area (Å²) in [5.74, 6) is 0.667. The molecule has 0 unspecified atom stereocenters. The molecule has 0 radical (unpaired) electrons. The molecule has 12 rings (SSSR count). The monoisotopic (exact) mass is 790 g/mol. The number of benzene rings is 9. The second-order valence-corrected chi connectivity index (χ2v) is 16.0. The second-order valence-electron chi connectivity index (χ2n) is 16.0. The Kier molecular flexibility index (Phi) is 8.39. The van der Waals surface area contributed by atoms with Crippen molar-refractivity contribution in [3.8, 4) is 67.3 Å². The molecule has 0 aliphatic heterocycles. The van der Waals surface area contributed by atoms with Crippen molar-refractivity contribution in [2.24, 2.45) is 0 Å². The summed E-state index contributed by atoms with van der Waals surface area (Å²) in [4.78, 5) is 10.9. The van der Waals surface area contributed by atoms with Crippen molar-refractivity contribution < 1.29 is 4.42 Å². The Labute approximate surface area is 360 Å². The number of nitrogens with zero attached hydrogens (tertiary/aromatic N) is 2. The molecule has 0 atom stereocenters. The lowest BCUT2D eigenvalue weighted by atomic mass is 9.66. The summed E-state index contributed by atoms with van der Waals surface area (Å²) >= 11 is 0. The Hall–Kier alpha value is -8.14. The molecule has 3 nitrogen and oxygen atoms in total. The van der Waals surface area contributed by atoms with E-state index in [1.54, 1.807) is 0 Å². The minimum Gasteiger partial charge on any atom is -0.455 e. The average molecular weight is 791 g/mol. The van der Waals surface area contributed by atoms with E-state index in [0.29, 0.717) is 5.82 Å². The molecule has 0 fully saturated rings. The van der Waals surface area contributed by atoms with Crippen molar-refractivity contribution in [1.29, 1.82) is 0 Å². The van der Waals surface area contributed by atoms with Crippen molar-refractivity contribution in [3.63, 3.8) is 0 Å². The van der Waals surface area contributed by atoms with Crippen LogP contribution in [-0.2, 0) is 5.41 Å². The maximum atomic E-state index is 6.62. The average Bonchev–Trinajstić information content (AvgIpc) is 3.89. The van der Waals surface area contributed by atoms with Gasteiger partial charge in [0.05, 0.1) is 16.8 Å². The summed E-state index contributed by atoms with van der Waals surface area (Å²) < 4.78 is 6.62. The third-order valence-corrected chi connectivity index (χ3v) is 12.6. The lowest BCUT2D eigenvalue weighted by Gasteiger charge is -2.35. The Morgan fingerprint density at radius 3 is 1.53 bits per heavy atom. The molecule has 1 aliphatic carbocycles. The van der Waals surface area contributed by atoms with E-state index in [1.165, 1.54) is 33.4 Å². The Morgan fingerprint density at radius 1 is 0.323 bits per heavy atom. The van der Waals surface area contributed by atoms with Crippen LogP contribution in [0.2, 0.25) is 0 Å². The number of fused-ring (bicyclic) bond motifs is 6. The minimum atomic E-state index is -0.602. The molecule has 1 aliphatic rings. The largest absolute Gasteiger partial charge is 0.455 e. The molecule has 2 aromatic heterocycles. The summed E-state index contributed by atoms with van der Waals surface area (Å²) in [5, 5.41) is 2.20. The quantitative estimate of drug-likeness (QED) is 0.161. The van der Waals surface area contributed by atoms with E-state index in [9.17, 15) is 0 Å². The summed E-state index contributed by atoms with van der Waals surface area (Å²) in [7, 11) is 0. The van der Waals surface area contributed by atoms with E-state index in [-0.39, 0.29) is 0 Å². The van der Waals surface area contributed by atoms with Crippen LogP contribution in [0.3, 0.4) is 0 Å². The first-order chi connectivity index (χ1) is 30.7. The van der Waals surface area contributed by atoms with E-state index < -0.39 is 5.41 Å². The third kappa shape index (κ3) is 5.67. The third-order valence-electron chi connectivity index (χ3n) is 12.6. The molecule has 0 saturated carbocycles. The molecule has 0 spiro atoms. The van der Waals surface area contributed by atoms with Crippen LogP contribution in [0, 0.1) is 0 Å². The smallest absolute Gasteiger partial charge is 0.160 e. The molecule has 11 aromatic rings. The lowest BCUT2D eigenvalue weighted by molar-refractivity contribution is 0.670. The van der Waals surface area contributed by atoms with Gasteiger partial charge in [-0.25, -0.2) is 9.97 Å². The molecule has 3 heteroatoms. The number of hydrogen-bond donors (Lipinski definition) is 0. The van der Waals surface area contributed by atoms with Gasteiger partial charge in [-0.1, -0.05) is 200 Å². The van der Waals surface area contributed by atoms with Crippen molar-refractivity contribution in [2.45, 2.75) is 5.41 Å². The molecule has 290 valence electrons. The zero-order valence-corrected chi connectivity index (χ0v) is 33.7. The van der Waals surface area contributed by atoms with Gasteiger partial charge < -0.3 is 4.42 Å². The van der Waals surface area contributed by atoms with Crippen LogP contribution in [0.5, 0.6) is 0 Å². The minimum absolute atomic E-state index is 0.602. The Bertz CT molecular complexity index is 3420. The fourth-order valence-corrected chi connectivity index (χ4v) is 9.87. The van der Waals surface area contributed by atoms with E-state index >= 15 is 0 Å². The molecule has 2 heterocycles. The topological polar surface area (TPSA) is 38.9 Å². The first-order valence-electron chi connectivity index (χ1n) is 21.1. The van der Waals surface area contributed by atoms with Gasteiger partial charge in [-0.3, -0.25) is 0 Å². The van der Waals surface area contributed by atoms with Gasteiger partial charge in [0.25, 0.3) is 0 Å². The van der Waals surface area contributed by atoms with Gasteiger partial charge >= 0.3 is 0 Å². The predicted molar refractivity (Wildman–Crippen MR) is 254 cm³/mol.